The van der Waals surface area contributed by atoms with E-state index >= 15 is 0 Å². The number of ether oxygens (including phenoxy) is 2. The Labute approximate surface area is 92.6 Å². The van der Waals surface area contributed by atoms with Crippen LogP contribution in [0.1, 0.15) is 40.5 Å². The van der Waals surface area contributed by atoms with Crippen LogP contribution in [0.3, 0.4) is 0 Å². The highest BCUT2D eigenvalue weighted by atomic mass is 16.7. The third-order valence-electron chi connectivity index (χ3n) is 2.36. The Morgan fingerprint density at radius 1 is 1.20 bits per heavy atom. The van der Waals surface area contributed by atoms with Gasteiger partial charge in [0.25, 0.3) is 5.79 Å². The molecular weight excluding hydrogens is 190 g/mol. The summed E-state index contributed by atoms with van der Waals surface area (Å²) >= 11 is 0. The normalized spacial score (nSPS) is 19.0. The zero-order valence-corrected chi connectivity index (χ0v) is 10.2. The van der Waals surface area contributed by atoms with Crippen LogP contribution < -0.4 is 5.73 Å². The third-order valence-corrected chi connectivity index (χ3v) is 2.36. The van der Waals surface area contributed by atoms with Crippen molar-refractivity contribution in [3.8, 4) is 0 Å². The standard InChI is InChI=1S/C12H23NO2/c1-9(2)5-12(6-10(3)4)14-8-11(7-13)15-12/h8-10H,5-7,13H2,1-4H3. The summed E-state index contributed by atoms with van der Waals surface area (Å²) in [6.45, 7) is 9.12. The SMILES string of the molecule is CC(C)CC1(CC(C)C)OC=C(CN)O1. The number of rotatable bonds is 5. The van der Waals surface area contributed by atoms with Gasteiger partial charge in [-0.2, -0.15) is 0 Å². The van der Waals surface area contributed by atoms with Gasteiger partial charge in [-0.3, -0.25) is 0 Å². The van der Waals surface area contributed by atoms with Crippen molar-refractivity contribution in [1.29, 1.82) is 0 Å². The third kappa shape index (κ3) is 3.42. The fourth-order valence-electron chi connectivity index (χ4n) is 2.06. The molecule has 1 heterocycles. The highest BCUT2D eigenvalue weighted by molar-refractivity contribution is 4.99. The minimum atomic E-state index is -0.461. The maximum absolute atomic E-state index is 5.83. The molecule has 0 aliphatic carbocycles. The highest BCUT2D eigenvalue weighted by Gasteiger charge is 2.39. The molecule has 0 unspecified atom stereocenters. The largest absolute Gasteiger partial charge is 0.456 e. The molecule has 0 spiro atoms. The molecule has 88 valence electrons. The Bertz CT molecular complexity index is 224. The summed E-state index contributed by atoms with van der Waals surface area (Å²) in [4.78, 5) is 0. The smallest absolute Gasteiger partial charge is 0.250 e. The van der Waals surface area contributed by atoms with E-state index in [1.165, 1.54) is 0 Å². The molecular formula is C12H23NO2. The molecule has 1 rings (SSSR count). The second kappa shape index (κ2) is 4.88. The molecule has 3 heteroatoms. The summed E-state index contributed by atoms with van der Waals surface area (Å²) in [5, 5.41) is 0. The van der Waals surface area contributed by atoms with E-state index in [4.69, 9.17) is 15.2 Å². The van der Waals surface area contributed by atoms with Gasteiger partial charge < -0.3 is 15.2 Å². The maximum atomic E-state index is 5.83. The van der Waals surface area contributed by atoms with Crippen LogP contribution in [0.5, 0.6) is 0 Å². The Balaban J connectivity index is 2.64. The molecule has 0 aromatic rings. The van der Waals surface area contributed by atoms with Gasteiger partial charge in [-0.05, 0) is 11.8 Å². The summed E-state index contributed by atoms with van der Waals surface area (Å²) in [6.07, 6.45) is 3.49. The van der Waals surface area contributed by atoms with Gasteiger partial charge in [0.05, 0.1) is 6.54 Å². The van der Waals surface area contributed by atoms with E-state index in [0.717, 1.165) is 18.6 Å². The number of hydrogen-bond acceptors (Lipinski definition) is 3. The van der Waals surface area contributed by atoms with Crippen molar-refractivity contribution in [2.24, 2.45) is 17.6 Å². The molecule has 2 N–H and O–H groups in total. The zero-order valence-electron chi connectivity index (χ0n) is 10.2. The van der Waals surface area contributed by atoms with Crippen molar-refractivity contribution in [2.45, 2.75) is 46.3 Å². The summed E-state index contributed by atoms with van der Waals surface area (Å²) in [6, 6.07) is 0. The second-order valence-corrected chi connectivity index (χ2v) is 5.11. The molecule has 0 radical (unpaired) electrons. The highest BCUT2D eigenvalue weighted by Crippen LogP contribution is 2.36. The van der Waals surface area contributed by atoms with Crippen molar-refractivity contribution in [3.63, 3.8) is 0 Å². The molecule has 1 aliphatic rings. The second-order valence-electron chi connectivity index (χ2n) is 5.11. The average Bonchev–Trinajstić information content (AvgIpc) is 2.45. The average molecular weight is 213 g/mol. The van der Waals surface area contributed by atoms with Gasteiger partial charge in [-0.25, -0.2) is 0 Å². The van der Waals surface area contributed by atoms with Crippen LogP contribution in [0.4, 0.5) is 0 Å². The molecule has 0 saturated carbocycles. The van der Waals surface area contributed by atoms with Crippen LogP contribution in [-0.4, -0.2) is 12.3 Å². The lowest BCUT2D eigenvalue weighted by atomic mass is 9.94. The molecule has 0 atom stereocenters. The van der Waals surface area contributed by atoms with Gasteiger partial charge in [0, 0.05) is 12.8 Å². The van der Waals surface area contributed by atoms with Gasteiger partial charge in [-0.15, -0.1) is 0 Å². The lowest BCUT2D eigenvalue weighted by Crippen LogP contribution is -2.34. The van der Waals surface area contributed by atoms with Crippen LogP contribution in [0, 0.1) is 11.8 Å². The fourth-order valence-corrected chi connectivity index (χ4v) is 2.06. The monoisotopic (exact) mass is 213 g/mol. The Hall–Kier alpha value is -0.700. The summed E-state index contributed by atoms with van der Waals surface area (Å²) in [5.74, 6) is 1.40. The van der Waals surface area contributed by atoms with Crippen molar-refractivity contribution in [3.05, 3.63) is 12.0 Å². The first-order chi connectivity index (χ1) is 6.97. The molecule has 0 aromatic carbocycles. The lowest BCUT2D eigenvalue weighted by Gasteiger charge is -2.31. The predicted octanol–water partition coefficient (Wildman–Crippen LogP) is 2.62. The van der Waals surface area contributed by atoms with E-state index in [9.17, 15) is 0 Å². The molecule has 0 aromatic heterocycles. The van der Waals surface area contributed by atoms with Crippen molar-refractivity contribution in [2.75, 3.05) is 6.54 Å². The zero-order chi connectivity index (χ0) is 11.5. The summed E-state index contributed by atoms with van der Waals surface area (Å²) in [5.41, 5.74) is 5.54. The predicted molar refractivity (Wildman–Crippen MR) is 60.9 cm³/mol. The van der Waals surface area contributed by atoms with Crippen molar-refractivity contribution in [1.82, 2.24) is 0 Å². The summed E-state index contributed by atoms with van der Waals surface area (Å²) in [7, 11) is 0. The molecule has 15 heavy (non-hydrogen) atoms. The summed E-state index contributed by atoms with van der Waals surface area (Å²) < 4.78 is 11.5. The van der Waals surface area contributed by atoms with E-state index < -0.39 is 5.79 Å². The number of hydrogen-bond donors (Lipinski definition) is 1. The maximum Gasteiger partial charge on any atom is 0.250 e. The molecule has 3 nitrogen and oxygen atoms in total. The quantitative estimate of drug-likeness (QED) is 0.763. The molecule has 0 saturated heterocycles. The van der Waals surface area contributed by atoms with Gasteiger partial charge in [0.2, 0.25) is 0 Å². The first kappa shape index (κ1) is 12.4. The Kier molecular flexibility index (Phi) is 4.03. The van der Waals surface area contributed by atoms with Gasteiger partial charge in [0.15, 0.2) is 0 Å². The van der Waals surface area contributed by atoms with Gasteiger partial charge in [0.1, 0.15) is 12.0 Å². The molecule has 1 aliphatic heterocycles. The van der Waals surface area contributed by atoms with Crippen LogP contribution >= 0.6 is 0 Å². The van der Waals surface area contributed by atoms with E-state index in [1.54, 1.807) is 6.26 Å². The number of nitrogens with two attached hydrogens (primary N) is 1. The Morgan fingerprint density at radius 2 is 1.73 bits per heavy atom. The van der Waals surface area contributed by atoms with E-state index in [-0.39, 0.29) is 0 Å². The van der Waals surface area contributed by atoms with Crippen LogP contribution in [0.2, 0.25) is 0 Å². The first-order valence-electron chi connectivity index (χ1n) is 5.73. The minimum absolute atomic E-state index is 0.415. The van der Waals surface area contributed by atoms with Crippen molar-refractivity contribution >= 4 is 0 Å². The Morgan fingerprint density at radius 3 is 2.07 bits per heavy atom. The lowest BCUT2D eigenvalue weighted by molar-refractivity contribution is -0.170. The topological polar surface area (TPSA) is 44.5 Å². The molecule has 0 amide bonds. The van der Waals surface area contributed by atoms with E-state index in [1.807, 2.05) is 0 Å². The van der Waals surface area contributed by atoms with E-state index in [0.29, 0.717) is 18.4 Å². The fraction of sp³-hybridized carbons (Fsp3) is 0.833. The first-order valence-corrected chi connectivity index (χ1v) is 5.73. The van der Waals surface area contributed by atoms with Gasteiger partial charge in [-0.1, -0.05) is 27.7 Å². The van der Waals surface area contributed by atoms with Gasteiger partial charge >= 0.3 is 0 Å². The molecule has 0 fully saturated rings. The molecule has 0 bridgehead atoms. The van der Waals surface area contributed by atoms with Crippen molar-refractivity contribution < 1.29 is 9.47 Å². The van der Waals surface area contributed by atoms with Crippen LogP contribution in [-0.2, 0) is 9.47 Å². The minimum Gasteiger partial charge on any atom is -0.456 e. The van der Waals surface area contributed by atoms with Crippen LogP contribution in [0.25, 0.3) is 0 Å². The van der Waals surface area contributed by atoms with E-state index in [2.05, 4.69) is 27.7 Å². The van der Waals surface area contributed by atoms with Crippen LogP contribution in [0.15, 0.2) is 12.0 Å².